The summed E-state index contributed by atoms with van der Waals surface area (Å²) < 4.78 is 9.25. The molecule has 0 aromatic carbocycles. The van der Waals surface area contributed by atoms with Crippen LogP contribution in [0.2, 0.25) is 0 Å². The largest absolute Gasteiger partial charge is 0.464 e. The van der Waals surface area contributed by atoms with Crippen molar-refractivity contribution < 1.29 is 19.1 Å². The molecule has 0 aliphatic rings. The molecule has 1 unspecified atom stereocenters. The maximum Gasteiger partial charge on any atom is 0.345 e. The molecule has 0 amide bonds. The van der Waals surface area contributed by atoms with Crippen molar-refractivity contribution in [1.29, 1.82) is 0 Å². The summed E-state index contributed by atoms with van der Waals surface area (Å²) in [5.41, 5.74) is -1.45. The van der Waals surface area contributed by atoms with E-state index in [1.807, 2.05) is 0 Å². The predicted molar refractivity (Wildman–Crippen MR) is 38.1 cm³/mol. The van der Waals surface area contributed by atoms with Gasteiger partial charge in [-0.3, -0.25) is 4.79 Å². The molecular formula is C7H12O4. The Kier molecular flexibility index (Phi) is 3.74. The molecule has 0 saturated carbocycles. The van der Waals surface area contributed by atoms with Crippen molar-refractivity contribution in [3.05, 3.63) is 0 Å². The monoisotopic (exact) mass is 160 g/mol. The zero-order valence-electron chi connectivity index (χ0n) is 6.92. The van der Waals surface area contributed by atoms with Crippen LogP contribution < -0.4 is 0 Å². The van der Waals surface area contributed by atoms with E-state index < -0.39 is 11.6 Å². The van der Waals surface area contributed by atoms with Crippen molar-refractivity contribution in [2.75, 3.05) is 13.7 Å². The number of aldehydes is 1. The normalized spacial score (nSPS) is 15.2. The molecule has 64 valence electrons. The van der Waals surface area contributed by atoms with Gasteiger partial charge in [0.15, 0.2) is 6.29 Å². The minimum absolute atomic E-state index is 0.242. The number of esters is 1. The highest BCUT2D eigenvalue weighted by Crippen LogP contribution is 2.07. The summed E-state index contributed by atoms with van der Waals surface area (Å²) in [6.07, 6.45) is 0.422. The van der Waals surface area contributed by atoms with Crippen LogP contribution in [0.3, 0.4) is 0 Å². The summed E-state index contributed by atoms with van der Waals surface area (Å²) in [5.74, 6) is -0.655. The molecule has 0 bridgehead atoms. The second-order valence-corrected chi connectivity index (χ2v) is 2.15. The second-order valence-electron chi connectivity index (χ2n) is 2.15. The smallest absolute Gasteiger partial charge is 0.345 e. The van der Waals surface area contributed by atoms with E-state index in [1.54, 1.807) is 6.92 Å². The third-order valence-corrected chi connectivity index (χ3v) is 1.33. The van der Waals surface area contributed by atoms with Gasteiger partial charge in [-0.25, -0.2) is 4.79 Å². The fourth-order valence-corrected chi connectivity index (χ4v) is 0.454. The van der Waals surface area contributed by atoms with E-state index in [0.717, 1.165) is 0 Å². The van der Waals surface area contributed by atoms with Crippen molar-refractivity contribution in [2.24, 2.45) is 0 Å². The Bertz CT molecular complexity index is 155. The van der Waals surface area contributed by atoms with Crippen molar-refractivity contribution in [3.63, 3.8) is 0 Å². The average Bonchev–Trinajstić information content (AvgIpc) is 2.03. The van der Waals surface area contributed by atoms with Crippen molar-refractivity contribution >= 4 is 12.3 Å². The van der Waals surface area contributed by atoms with Crippen LogP contribution in [0, 0.1) is 0 Å². The van der Waals surface area contributed by atoms with Gasteiger partial charge in [0.2, 0.25) is 5.60 Å². The highest BCUT2D eigenvalue weighted by atomic mass is 16.6. The van der Waals surface area contributed by atoms with Gasteiger partial charge in [-0.2, -0.15) is 0 Å². The number of carbonyl (C=O) groups is 2. The number of hydrogen-bond acceptors (Lipinski definition) is 4. The highest BCUT2D eigenvalue weighted by Gasteiger charge is 2.34. The van der Waals surface area contributed by atoms with Gasteiger partial charge in [0.1, 0.15) is 0 Å². The lowest BCUT2D eigenvalue weighted by Gasteiger charge is -2.18. The minimum atomic E-state index is -1.45. The van der Waals surface area contributed by atoms with E-state index in [4.69, 9.17) is 0 Å². The van der Waals surface area contributed by atoms with Crippen LogP contribution >= 0.6 is 0 Å². The fourth-order valence-electron chi connectivity index (χ4n) is 0.454. The number of rotatable bonds is 4. The summed E-state index contributed by atoms with van der Waals surface area (Å²) in [4.78, 5) is 21.3. The van der Waals surface area contributed by atoms with Gasteiger partial charge >= 0.3 is 5.97 Å². The lowest BCUT2D eigenvalue weighted by molar-refractivity contribution is -0.167. The van der Waals surface area contributed by atoms with Crippen molar-refractivity contribution in [2.45, 2.75) is 19.4 Å². The van der Waals surface area contributed by atoms with E-state index in [1.165, 1.54) is 14.0 Å². The van der Waals surface area contributed by atoms with Gasteiger partial charge < -0.3 is 9.47 Å². The Morgan fingerprint density at radius 2 is 2.18 bits per heavy atom. The molecule has 4 heteroatoms. The van der Waals surface area contributed by atoms with Crippen molar-refractivity contribution in [3.8, 4) is 0 Å². The molecule has 0 aromatic rings. The highest BCUT2D eigenvalue weighted by molar-refractivity contribution is 5.96. The van der Waals surface area contributed by atoms with Gasteiger partial charge in [-0.05, 0) is 13.8 Å². The average molecular weight is 160 g/mol. The van der Waals surface area contributed by atoms with Gasteiger partial charge in [-0.1, -0.05) is 0 Å². The molecule has 4 nitrogen and oxygen atoms in total. The van der Waals surface area contributed by atoms with Crippen LogP contribution in [-0.4, -0.2) is 31.6 Å². The van der Waals surface area contributed by atoms with Crippen molar-refractivity contribution in [1.82, 2.24) is 0 Å². The number of ether oxygens (including phenoxy) is 2. The molecule has 0 aliphatic heterocycles. The molecule has 11 heavy (non-hydrogen) atoms. The third kappa shape index (κ3) is 2.31. The first-order chi connectivity index (χ1) is 5.10. The predicted octanol–water partition coefficient (Wildman–Crippen LogP) is 0.153. The molecule has 0 N–H and O–H groups in total. The maximum absolute atomic E-state index is 10.9. The molecule has 1 atom stereocenters. The molecular weight excluding hydrogens is 148 g/mol. The summed E-state index contributed by atoms with van der Waals surface area (Å²) in [6.45, 7) is 3.27. The molecule has 0 radical (unpaired) electrons. The van der Waals surface area contributed by atoms with Crippen LogP contribution in [0.4, 0.5) is 0 Å². The Morgan fingerprint density at radius 3 is 2.45 bits per heavy atom. The second kappa shape index (κ2) is 4.08. The zero-order chi connectivity index (χ0) is 8.91. The molecule has 0 aliphatic carbocycles. The summed E-state index contributed by atoms with van der Waals surface area (Å²) in [5, 5.41) is 0. The number of hydrogen-bond donors (Lipinski definition) is 0. The van der Waals surface area contributed by atoms with Gasteiger partial charge in [0.05, 0.1) is 6.61 Å². The van der Waals surface area contributed by atoms with Crippen LogP contribution in [0.1, 0.15) is 13.8 Å². The van der Waals surface area contributed by atoms with Crippen LogP contribution in [0.15, 0.2) is 0 Å². The quantitative estimate of drug-likeness (QED) is 0.334. The standard InChI is InChI=1S/C7H12O4/c1-4-11-6(9)7(2,5-8)10-3/h5H,4H2,1-3H3. The molecule has 0 aromatic heterocycles. The Labute approximate surface area is 65.5 Å². The number of methoxy groups -OCH3 is 1. The summed E-state index contributed by atoms with van der Waals surface area (Å²) >= 11 is 0. The Morgan fingerprint density at radius 1 is 1.64 bits per heavy atom. The minimum Gasteiger partial charge on any atom is -0.464 e. The first-order valence-corrected chi connectivity index (χ1v) is 3.29. The van der Waals surface area contributed by atoms with E-state index in [2.05, 4.69) is 9.47 Å². The van der Waals surface area contributed by atoms with Crippen LogP contribution in [0.25, 0.3) is 0 Å². The van der Waals surface area contributed by atoms with Gasteiger partial charge in [-0.15, -0.1) is 0 Å². The molecule has 0 fully saturated rings. The zero-order valence-corrected chi connectivity index (χ0v) is 6.92. The molecule has 0 saturated heterocycles. The van der Waals surface area contributed by atoms with E-state index in [0.29, 0.717) is 6.29 Å². The SMILES string of the molecule is CCOC(=O)C(C)(C=O)OC. The topological polar surface area (TPSA) is 52.6 Å². The fraction of sp³-hybridized carbons (Fsp3) is 0.714. The van der Waals surface area contributed by atoms with Gasteiger partial charge in [0.25, 0.3) is 0 Å². The molecule has 0 rings (SSSR count). The lowest BCUT2D eigenvalue weighted by Crippen LogP contribution is -2.40. The van der Waals surface area contributed by atoms with E-state index in [-0.39, 0.29) is 6.61 Å². The number of carbonyl (C=O) groups excluding carboxylic acids is 2. The summed E-state index contributed by atoms with van der Waals surface area (Å²) in [6, 6.07) is 0. The first kappa shape index (κ1) is 10.1. The lowest BCUT2D eigenvalue weighted by atomic mass is 10.1. The van der Waals surface area contributed by atoms with Crippen LogP contribution in [-0.2, 0) is 19.1 Å². The van der Waals surface area contributed by atoms with Crippen LogP contribution in [0.5, 0.6) is 0 Å². The Hall–Kier alpha value is -0.900. The third-order valence-electron chi connectivity index (χ3n) is 1.33. The first-order valence-electron chi connectivity index (χ1n) is 3.29. The maximum atomic E-state index is 10.9. The Balaban J connectivity index is 4.24. The molecule has 0 spiro atoms. The van der Waals surface area contributed by atoms with E-state index in [9.17, 15) is 9.59 Å². The van der Waals surface area contributed by atoms with Gasteiger partial charge in [0, 0.05) is 7.11 Å². The summed E-state index contributed by atoms with van der Waals surface area (Å²) in [7, 11) is 1.28. The molecule has 0 heterocycles. The van der Waals surface area contributed by atoms with E-state index >= 15 is 0 Å².